The maximum Gasteiger partial charge on any atom is 0.227 e. The van der Waals surface area contributed by atoms with Crippen molar-refractivity contribution in [2.75, 3.05) is 13.1 Å². The van der Waals surface area contributed by atoms with Gasteiger partial charge in [0, 0.05) is 31.3 Å². The van der Waals surface area contributed by atoms with Gasteiger partial charge in [-0.05, 0) is 19.4 Å². The van der Waals surface area contributed by atoms with E-state index in [0.717, 1.165) is 25.9 Å². The first-order chi connectivity index (χ1) is 9.15. The Hall–Kier alpha value is -1.14. The summed E-state index contributed by atoms with van der Waals surface area (Å²) in [6, 6.07) is 0.259. The normalized spacial score (nSPS) is 18.6. The van der Waals surface area contributed by atoms with E-state index in [9.17, 15) is 4.79 Å². The van der Waals surface area contributed by atoms with Crippen molar-refractivity contribution in [2.24, 2.45) is 0 Å². The second-order valence-electron chi connectivity index (χ2n) is 5.31. The van der Waals surface area contributed by atoms with Gasteiger partial charge in [-0.25, -0.2) is 0 Å². The summed E-state index contributed by atoms with van der Waals surface area (Å²) >= 11 is 0. The minimum absolute atomic E-state index is 0. The highest BCUT2D eigenvalue weighted by atomic mass is 35.5. The third kappa shape index (κ3) is 5.09. The lowest BCUT2D eigenvalue weighted by atomic mass is 10.1. The average Bonchev–Trinajstić information content (AvgIpc) is 2.86. The Kier molecular flexibility index (Phi) is 6.95. The zero-order chi connectivity index (χ0) is 13.7. The standard InChI is InChI=1S/C13H22N4O2.ClH/c1-9(2)13-16-12(19-17-13)6-5-11(18)15-10-4-3-7-14-8-10;/h9-10,14H,3-8H2,1-2H3,(H,15,18);1H/t10-;/m0./s1. The molecular formula is C13H23ClN4O2. The quantitative estimate of drug-likeness (QED) is 0.860. The van der Waals surface area contributed by atoms with Gasteiger partial charge in [-0.1, -0.05) is 19.0 Å². The fourth-order valence-electron chi connectivity index (χ4n) is 2.10. The number of carbonyl (C=O) groups is 1. The van der Waals surface area contributed by atoms with Crippen LogP contribution in [-0.2, 0) is 11.2 Å². The van der Waals surface area contributed by atoms with E-state index >= 15 is 0 Å². The Morgan fingerprint density at radius 1 is 1.55 bits per heavy atom. The first-order valence-corrected chi connectivity index (χ1v) is 6.97. The molecule has 0 bridgehead atoms. The third-order valence-corrected chi connectivity index (χ3v) is 3.23. The molecule has 1 saturated heterocycles. The second-order valence-corrected chi connectivity index (χ2v) is 5.31. The van der Waals surface area contributed by atoms with Gasteiger partial charge in [0.25, 0.3) is 0 Å². The fourth-order valence-corrected chi connectivity index (χ4v) is 2.10. The first-order valence-electron chi connectivity index (χ1n) is 6.97. The predicted octanol–water partition coefficient (Wildman–Crippen LogP) is 1.42. The maximum absolute atomic E-state index is 11.8. The van der Waals surface area contributed by atoms with E-state index in [4.69, 9.17) is 4.52 Å². The summed E-state index contributed by atoms with van der Waals surface area (Å²) < 4.78 is 5.11. The molecule has 1 aliphatic heterocycles. The first kappa shape index (κ1) is 16.9. The van der Waals surface area contributed by atoms with Gasteiger partial charge in [0.1, 0.15) is 0 Å². The van der Waals surface area contributed by atoms with Crippen LogP contribution in [-0.4, -0.2) is 35.2 Å². The summed E-state index contributed by atoms with van der Waals surface area (Å²) in [6.07, 6.45) is 3.07. The van der Waals surface area contributed by atoms with Crippen molar-refractivity contribution >= 4 is 18.3 Å². The Morgan fingerprint density at radius 3 is 2.95 bits per heavy atom. The van der Waals surface area contributed by atoms with Crippen molar-refractivity contribution in [2.45, 2.75) is 51.5 Å². The van der Waals surface area contributed by atoms with Crippen molar-refractivity contribution < 1.29 is 9.32 Å². The molecule has 0 spiro atoms. The Morgan fingerprint density at radius 2 is 2.35 bits per heavy atom. The molecule has 6 nitrogen and oxygen atoms in total. The molecule has 2 rings (SSSR count). The number of aryl methyl sites for hydroxylation is 1. The summed E-state index contributed by atoms with van der Waals surface area (Å²) in [4.78, 5) is 16.1. The molecule has 1 aromatic heterocycles. The van der Waals surface area contributed by atoms with Crippen LogP contribution in [0.25, 0.3) is 0 Å². The number of piperidine rings is 1. The molecule has 20 heavy (non-hydrogen) atoms. The van der Waals surface area contributed by atoms with Gasteiger partial charge in [0.15, 0.2) is 5.82 Å². The van der Waals surface area contributed by atoms with E-state index in [0.29, 0.717) is 24.6 Å². The largest absolute Gasteiger partial charge is 0.352 e. The van der Waals surface area contributed by atoms with Gasteiger partial charge in [0.05, 0.1) is 0 Å². The second kappa shape index (κ2) is 8.21. The Balaban J connectivity index is 0.00000200. The van der Waals surface area contributed by atoms with E-state index in [1.54, 1.807) is 0 Å². The molecule has 0 unspecified atom stereocenters. The van der Waals surface area contributed by atoms with Crippen LogP contribution >= 0.6 is 12.4 Å². The van der Waals surface area contributed by atoms with Crippen LogP contribution in [0.15, 0.2) is 4.52 Å². The molecule has 1 aliphatic rings. The van der Waals surface area contributed by atoms with Gasteiger partial charge in [-0.15, -0.1) is 12.4 Å². The van der Waals surface area contributed by atoms with E-state index in [1.807, 2.05) is 13.8 Å². The molecule has 2 N–H and O–H groups in total. The molecule has 1 amide bonds. The van der Waals surface area contributed by atoms with Gasteiger partial charge in [-0.2, -0.15) is 4.98 Å². The average molecular weight is 303 g/mol. The number of hydrogen-bond acceptors (Lipinski definition) is 5. The van der Waals surface area contributed by atoms with Crippen molar-refractivity contribution in [3.63, 3.8) is 0 Å². The number of rotatable bonds is 5. The molecule has 0 aromatic carbocycles. The molecule has 7 heteroatoms. The van der Waals surface area contributed by atoms with Crippen LogP contribution in [0.4, 0.5) is 0 Å². The number of nitrogens with zero attached hydrogens (tertiary/aromatic N) is 2. The Bertz CT molecular complexity index is 416. The van der Waals surface area contributed by atoms with E-state index < -0.39 is 0 Å². The van der Waals surface area contributed by atoms with Crippen LogP contribution in [0, 0.1) is 0 Å². The maximum atomic E-state index is 11.8. The lowest BCUT2D eigenvalue weighted by molar-refractivity contribution is -0.121. The smallest absolute Gasteiger partial charge is 0.227 e. The van der Waals surface area contributed by atoms with Gasteiger partial charge in [0.2, 0.25) is 11.8 Å². The summed E-state index contributed by atoms with van der Waals surface area (Å²) in [6.45, 7) is 5.94. The number of nitrogens with one attached hydrogen (secondary N) is 2. The highest BCUT2D eigenvalue weighted by Crippen LogP contribution is 2.10. The Labute approximate surface area is 125 Å². The van der Waals surface area contributed by atoms with Crippen LogP contribution in [0.2, 0.25) is 0 Å². The molecule has 1 aromatic rings. The van der Waals surface area contributed by atoms with Gasteiger partial charge in [-0.3, -0.25) is 4.79 Å². The van der Waals surface area contributed by atoms with E-state index in [1.165, 1.54) is 0 Å². The van der Waals surface area contributed by atoms with Crippen molar-refractivity contribution in [3.05, 3.63) is 11.7 Å². The molecule has 0 aliphatic carbocycles. The summed E-state index contributed by atoms with van der Waals surface area (Å²) in [5, 5.41) is 10.2. The van der Waals surface area contributed by atoms with E-state index in [2.05, 4.69) is 20.8 Å². The number of amides is 1. The predicted molar refractivity (Wildman–Crippen MR) is 78.0 cm³/mol. The zero-order valence-corrected chi connectivity index (χ0v) is 12.8. The number of hydrogen-bond donors (Lipinski definition) is 2. The van der Waals surface area contributed by atoms with Crippen molar-refractivity contribution in [3.8, 4) is 0 Å². The lowest BCUT2D eigenvalue weighted by Crippen LogP contribution is -2.45. The lowest BCUT2D eigenvalue weighted by Gasteiger charge is -2.23. The van der Waals surface area contributed by atoms with Crippen LogP contribution < -0.4 is 10.6 Å². The molecule has 114 valence electrons. The minimum Gasteiger partial charge on any atom is -0.352 e. The van der Waals surface area contributed by atoms with E-state index in [-0.39, 0.29) is 30.3 Å². The SMILES string of the molecule is CC(C)c1noc(CCC(=O)N[C@H]2CCCNC2)n1.Cl. The highest BCUT2D eigenvalue weighted by molar-refractivity contribution is 5.85. The minimum atomic E-state index is 0. The fraction of sp³-hybridized carbons (Fsp3) is 0.769. The van der Waals surface area contributed by atoms with Crippen LogP contribution in [0.3, 0.4) is 0 Å². The van der Waals surface area contributed by atoms with Crippen LogP contribution in [0.1, 0.15) is 50.7 Å². The highest BCUT2D eigenvalue weighted by Gasteiger charge is 2.16. The summed E-state index contributed by atoms with van der Waals surface area (Å²) in [7, 11) is 0. The molecule has 0 radical (unpaired) electrons. The summed E-state index contributed by atoms with van der Waals surface area (Å²) in [5.41, 5.74) is 0. The number of carbonyl (C=O) groups excluding carboxylic acids is 1. The molecule has 1 fully saturated rings. The third-order valence-electron chi connectivity index (χ3n) is 3.23. The van der Waals surface area contributed by atoms with Gasteiger partial charge < -0.3 is 15.2 Å². The monoisotopic (exact) mass is 302 g/mol. The number of aromatic nitrogens is 2. The van der Waals surface area contributed by atoms with Gasteiger partial charge >= 0.3 is 0 Å². The molecule has 0 saturated carbocycles. The molecule has 1 atom stereocenters. The molecular weight excluding hydrogens is 280 g/mol. The zero-order valence-electron chi connectivity index (χ0n) is 12.0. The molecule has 2 heterocycles. The number of halogens is 1. The summed E-state index contributed by atoms with van der Waals surface area (Å²) in [5.74, 6) is 1.55. The topological polar surface area (TPSA) is 80.0 Å². The van der Waals surface area contributed by atoms with Crippen molar-refractivity contribution in [1.82, 2.24) is 20.8 Å². The van der Waals surface area contributed by atoms with Crippen LogP contribution in [0.5, 0.6) is 0 Å². The van der Waals surface area contributed by atoms with Crippen molar-refractivity contribution in [1.29, 1.82) is 0 Å².